The maximum absolute atomic E-state index is 11.8. The molecule has 2 aromatic carbocycles. The van der Waals surface area contributed by atoms with Crippen LogP contribution >= 0.6 is 0 Å². The van der Waals surface area contributed by atoms with Gasteiger partial charge in [0.25, 0.3) is 5.69 Å². The van der Waals surface area contributed by atoms with Gasteiger partial charge in [-0.2, -0.15) is 5.26 Å². The molecule has 1 heterocycles. The molecule has 0 aliphatic rings. The van der Waals surface area contributed by atoms with Crippen molar-refractivity contribution in [2.24, 2.45) is 7.05 Å². The van der Waals surface area contributed by atoms with Crippen molar-refractivity contribution in [1.29, 1.82) is 5.26 Å². The van der Waals surface area contributed by atoms with Crippen molar-refractivity contribution in [1.82, 2.24) is 4.57 Å². The molecule has 0 amide bonds. The summed E-state index contributed by atoms with van der Waals surface area (Å²) in [5.41, 5.74) is 3.24. The Morgan fingerprint density at radius 2 is 1.81 bits per heavy atom. The van der Waals surface area contributed by atoms with Crippen molar-refractivity contribution < 1.29 is 14.6 Å². The molecule has 0 unspecified atom stereocenters. The lowest BCUT2D eigenvalue weighted by molar-refractivity contribution is 0.0686. The molecule has 0 bridgehead atoms. The molecule has 3 rings (SSSR count). The second-order valence-electron chi connectivity index (χ2n) is 5.79. The summed E-state index contributed by atoms with van der Waals surface area (Å²) in [6.45, 7) is 7.46. The summed E-state index contributed by atoms with van der Waals surface area (Å²) < 4.78 is 6.60. The number of nitrogens with zero attached hydrogens (tertiary/aromatic N) is 3. The molecule has 132 valence electrons. The van der Waals surface area contributed by atoms with Crippen LogP contribution in [0.3, 0.4) is 0 Å². The third-order valence-electron chi connectivity index (χ3n) is 4.36. The summed E-state index contributed by atoms with van der Waals surface area (Å²) >= 11 is 0. The quantitative estimate of drug-likeness (QED) is 0.698. The summed E-state index contributed by atoms with van der Waals surface area (Å²) in [5.74, 6) is -0.934. The van der Waals surface area contributed by atoms with Crippen LogP contribution in [0.5, 0.6) is 5.88 Å². The fourth-order valence-corrected chi connectivity index (χ4v) is 3.16. The van der Waals surface area contributed by atoms with Crippen molar-refractivity contribution in [3.63, 3.8) is 0 Å². The second kappa shape index (κ2) is 7.07. The molecule has 0 saturated carbocycles. The van der Waals surface area contributed by atoms with Gasteiger partial charge in [0, 0.05) is 12.6 Å². The zero-order chi connectivity index (χ0) is 19.6. The number of aromatic nitrogens is 1. The highest BCUT2D eigenvalue weighted by Crippen LogP contribution is 2.43. The molecular formula is C21H15N3O3. The fourth-order valence-electron chi connectivity index (χ4n) is 3.16. The van der Waals surface area contributed by atoms with Crippen LogP contribution in [0, 0.1) is 17.9 Å². The van der Waals surface area contributed by atoms with Gasteiger partial charge in [-0.15, -0.1) is 0 Å². The minimum absolute atomic E-state index is 0.0111. The molecule has 6 nitrogen and oxygen atoms in total. The van der Waals surface area contributed by atoms with Crippen LogP contribution in [0.4, 0.5) is 5.69 Å². The summed E-state index contributed by atoms with van der Waals surface area (Å²) in [7, 11) is 2.96. The maximum Gasteiger partial charge on any atom is 0.351 e. The van der Waals surface area contributed by atoms with Crippen LogP contribution in [0.2, 0.25) is 0 Å². The van der Waals surface area contributed by atoms with Gasteiger partial charge in [0.1, 0.15) is 5.69 Å². The van der Waals surface area contributed by atoms with E-state index in [9.17, 15) is 15.2 Å². The van der Waals surface area contributed by atoms with Crippen LogP contribution in [-0.4, -0.2) is 22.8 Å². The lowest BCUT2D eigenvalue weighted by Crippen LogP contribution is -2.06. The molecule has 0 spiro atoms. The fraction of sp³-hybridized carbons (Fsp3) is 0.0952. The smallest absolute Gasteiger partial charge is 0.351 e. The standard InChI is InChI=1S/C21H15N3O3/c1-23-18-17(19(21(25)26)24(2)20(18)27-3)14-10-8-13(9-11-14)16-7-5-4-6-15(16)12-22/h4-11H,2-3H3,(H,25,26). The largest absolute Gasteiger partial charge is 0.491 e. The molecule has 27 heavy (non-hydrogen) atoms. The van der Waals surface area contributed by atoms with Crippen LogP contribution in [0.15, 0.2) is 48.5 Å². The lowest BCUT2D eigenvalue weighted by Gasteiger charge is -2.07. The Balaban J connectivity index is 2.18. The predicted molar refractivity (Wildman–Crippen MR) is 101 cm³/mol. The second-order valence-corrected chi connectivity index (χ2v) is 5.79. The van der Waals surface area contributed by atoms with E-state index in [2.05, 4.69) is 10.9 Å². The molecule has 0 aliphatic heterocycles. The van der Waals surface area contributed by atoms with Crippen molar-refractivity contribution in [3.05, 3.63) is 71.2 Å². The SMILES string of the molecule is [C-]#[N+]c1c(-c2ccc(-c3ccccc3C#N)cc2)c(C(=O)O)n(C)c1OC. The topological polar surface area (TPSA) is 79.6 Å². The Morgan fingerprint density at radius 3 is 2.37 bits per heavy atom. The number of ether oxygens (including phenoxy) is 1. The van der Waals surface area contributed by atoms with Gasteiger partial charge in [-0.25, -0.2) is 9.64 Å². The number of carboxylic acids is 1. The average Bonchev–Trinajstić information content (AvgIpc) is 2.99. The molecular weight excluding hydrogens is 342 g/mol. The molecule has 6 heteroatoms. The molecule has 3 aromatic rings. The first-order valence-electron chi connectivity index (χ1n) is 8.00. The van der Waals surface area contributed by atoms with E-state index in [0.717, 1.165) is 11.1 Å². The molecule has 1 aromatic heterocycles. The van der Waals surface area contributed by atoms with E-state index in [1.807, 2.05) is 24.3 Å². The first kappa shape index (κ1) is 17.8. The normalized spacial score (nSPS) is 10.1. The van der Waals surface area contributed by atoms with Crippen LogP contribution in [0.1, 0.15) is 16.1 Å². The van der Waals surface area contributed by atoms with Gasteiger partial charge >= 0.3 is 5.97 Å². The van der Waals surface area contributed by atoms with Gasteiger partial charge in [0.15, 0.2) is 5.88 Å². The highest BCUT2D eigenvalue weighted by atomic mass is 16.5. The van der Waals surface area contributed by atoms with Crippen LogP contribution in [-0.2, 0) is 7.05 Å². The zero-order valence-corrected chi connectivity index (χ0v) is 14.7. The van der Waals surface area contributed by atoms with Crippen molar-refractivity contribution in [2.75, 3.05) is 7.11 Å². The third kappa shape index (κ3) is 2.90. The van der Waals surface area contributed by atoms with Crippen LogP contribution < -0.4 is 4.74 Å². The first-order chi connectivity index (χ1) is 13.0. The van der Waals surface area contributed by atoms with E-state index in [1.165, 1.54) is 11.7 Å². The van der Waals surface area contributed by atoms with E-state index in [-0.39, 0.29) is 17.3 Å². The predicted octanol–water partition coefficient (Wildman–Crippen LogP) is 4.49. The zero-order valence-electron chi connectivity index (χ0n) is 14.7. The Kier molecular flexibility index (Phi) is 4.66. The van der Waals surface area contributed by atoms with E-state index < -0.39 is 5.97 Å². The Hall–Kier alpha value is -4.03. The molecule has 0 aliphatic carbocycles. The first-order valence-corrected chi connectivity index (χ1v) is 8.00. The molecule has 0 atom stereocenters. The third-order valence-corrected chi connectivity index (χ3v) is 4.36. The van der Waals surface area contributed by atoms with Gasteiger partial charge in [-0.05, 0) is 22.8 Å². The summed E-state index contributed by atoms with van der Waals surface area (Å²) in [5, 5.41) is 18.9. The highest BCUT2D eigenvalue weighted by molar-refractivity contribution is 6.01. The number of carboxylic acid groups (broad SMARTS) is 1. The van der Waals surface area contributed by atoms with Gasteiger partial charge in [-0.3, -0.25) is 0 Å². The van der Waals surface area contributed by atoms with E-state index in [1.54, 1.807) is 31.3 Å². The molecule has 0 saturated heterocycles. The lowest BCUT2D eigenvalue weighted by atomic mass is 9.97. The van der Waals surface area contributed by atoms with Crippen molar-refractivity contribution in [3.8, 4) is 34.2 Å². The molecule has 1 N–H and O–H groups in total. The number of nitriles is 1. The van der Waals surface area contributed by atoms with E-state index in [0.29, 0.717) is 16.7 Å². The summed E-state index contributed by atoms with van der Waals surface area (Å²) in [4.78, 5) is 15.3. The van der Waals surface area contributed by atoms with Crippen LogP contribution in [0.25, 0.3) is 27.1 Å². The average molecular weight is 357 g/mol. The highest BCUT2D eigenvalue weighted by Gasteiger charge is 2.27. The molecule has 0 fully saturated rings. The minimum Gasteiger partial charge on any atom is -0.491 e. The number of hydrogen-bond acceptors (Lipinski definition) is 3. The van der Waals surface area contributed by atoms with E-state index >= 15 is 0 Å². The number of aromatic carboxylic acids is 1. The molecule has 0 radical (unpaired) electrons. The number of benzene rings is 2. The van der Waals surface area contributed by atoms with Gasteiger partial charge in [0.05, 0.1) is 25.3 Å². The van der Waals surface area contributed by atoms with E-state index in [4.69, 9.17) is 11.3 Å². The number of carbonyl (C=O) groups is 1. The Labute approximate surface area is 156 Å². The maximum atomic E-state index is 11.8. The summed E-state index contributed by atoms with van der Waals surface area (Å²) in [6, 6.07) is 16.5. The Morgan fingerprint density at radius 1 is 1.19 bits per heavy atom. The monoisotopic (exact) mass is 357 g/mol. The van der Waals surface area contributed by atoms with Gasteiger partial charge in [0.2, 0.25) is 0 Å². The van der Waals surface area contributed by atoms with Crippen molar-refractivity contribution in [2.45, 2.75) is 0 Å². The minimum atomic E-state index is -1.14. The van der Waals surface area contributed by atoms with Crippen molar-refractivity contribution >= 4 is 11.7 Å². The number of hydrogen-bond donors (Lipinski definition) is 1. The number of rotatable bonds is 4. The summed E-state index contributed by atoms with van der Waals surface area (Å²) in [6.07, 6.45) is 0. The van der Waals surface area contributed by atoms with Gasteiger partial charge < -0.3 is 14.4 Å². The number of methoxy groups -OCH3 is 1. The Bertz CT molecular complexity index is 1110. The van der Waals surface area contributed by atoms with Gasteiger partial charge in [-0.1, -0.05) is 42.5 Å².